The average molecular weight is 294 g/mol. The summed E-state index contributed by atoms with van der Waals surface area (Å²) in [6, 6.07) is 1.34. The van der Waals surface area contributed by atoms with Gasteiger partial charge in [0, 0.05) is 18.3 Å². The van der Waals surface area contributed by atoms with Gasteiger partial charge < -0.3 is 15.0 Å². The minimum atomic E-state index is -0.642. The van der Waals surface area contributed by atoms with Gasteiger partial charge in [0.25, 0.3) is 0 Å². The zero-order valence-electron chi connectivity index (χ0n) is 12.0. The maximum atomic E-state index is 11.4. The van der Waals surface area contributed by atoms with Gasteiger partial charge >= 0.3 is 11.7 Å². The molecular formula is C13H18N4O4. The van der Waals surface area contributed by atoms with Crippen molar-refractivity contribution >= 4 is 17.5 Å². The Morgan fingerprint density at radius 2 is 2.19 bits per heavy atom. The molecule has 0 aromatic carbocycles. The predicted molar refractivity (Wildman–Crippen MR) is 76.4 cm³/mol. The number of anilines is 1. The van der Waals surface area contributed by atoms with E-state index in [1.165, 1.54) is 19.4 Å². The van der Waals surface area contributed by atoms with Gasteiger partial charge in [-0.15, -0.1) is 0 Å². The standard InChI is InChI=1S/C13H18N4O4/c1-16-5-3-10(4-6-16)15-12-11(17(19)20)7-9(8-14-12)13(18)21-2/h7-8,10H,3-6H2,1-2H3,(H,14,15). The number of likely N-dealkylation sites (tertiary alicyclic amines) is 1. The molecule has 2 heterocycles. The second kappa shape index (κ2) is 6.49. The first-order chi connectivity index (χ1) is 10.0. The summed E-state index contributed by atoms with van der Waals surface area (Å²) in [4.78, 5) is 28.2. The van der Waals surface area contributed by atoms with Gasteiger partial charge in [0.1, 0.15) is 0 Å². The van der Waals surface area contributed by atoms with Crippen LogP contribution in [-0.2, 0) is 4.74 Å². The third-order valence-electron chi connectivity index (χ3n) is 3.54. The first-order valence-corrected chi connectivity index (χ1v) is 6.69. The van der Waals surface area contributed by atoms with E-state index >= 15 is 0 Å². The number of aromatic nitrogens is 1. The molecule has 1 aliphatic rings. The zero-order valence-corrected chi connectivity index (χ0v) is 12.0. The summed E-state index contributed by atoms with van der Waals surface area (Å²) in [5.41, 5.74) is -0.144. The number of carbonyl (C=O) groups is 1. The van der Waals surface area contributed by atoms with Crippen LogP contribution in [0, 0.1) is 10.1 Å². The van der Waals surface area contributed by atoms with Crippen molar-refractivity contribution in [2.24, 2.45) is 0 Å². The monoisotopic (exact) mass is 294 g/mol. The van der Waals surface area contributed by atoms with Crippen molar-refractivity contribution in [3.63, 3.8) is 0 Å². The number of nitrogens with one attached hydrogen (secondary N) is 1. The highest BCUT2D eigenvalue weighted by molar-refractivity contribution is 5.90. The summed E-state index contributed by atoms with van der Waals surface area (Å²) in [7, 11) is 3.26. The molecule has 1 N–H and O–H groups in total. The molecule has 8 heteroatoms. The molecule has 0 saturated carbocycles. The third kappa shape index (κ3) is 3.66. The van der Waals surface area contributed by atoms with E-state index < -0.39 is 10.9 Å². The minimum absolute atomic E-state index is 0.0677. The molecule has 2 rings (SSSR count). The Bertz CT molecular complexity index is 541. The van der Waals surface area contributed by atoms with Gasteiger partial charge in [-0.25, -0.2) is 9.78 Å². The van der Waals surface area contributed by atoms with E-state index in [1.807, 2.05) is 7.05 Å². The van der Waals surface area contributed by atoms with Crippen LogP contribution in [0.2, 0.25) is 0 Å². The Hall–Kier alpha value is -2.22. The highest BCUT2D eigenvalue weighted by atomic mass is 16.6. The van der Waals surface area contributed by atoms with Crippen molar-refractivity contribution < 1.29 is 14.5 Å². The van der Waals surface area contributed by atoms with E-state index in [4.69, 9.17) is 0 Å². The summed E-state index contributed by atoms with van der Waals surface area (Å²) < 4.78 is 4.55. The zero-order chi connectivity index (χ0) is 15.4. The quantitative estimate of drug-likeness (QED) is 0.507. The average Bonchev–Trinajstić information content (AvgIpc) is 2.49. The van der Waals surface area contributed by atoms with E-state index in [0.717, 1.165) is 25.9 Å². The number of rotatable bonds is 4. The third-order valence-corrected chi connectivity index (χ3v) is 3.54. The summed E-state index contributed by atoms with van der Waals surface area (Å²) in [5.74, 6) is -0.446. The Balaban J connectivity index is 2.18. The van der Waals surface area contributed by atoms with Crippen LogP contribution >= 0.6 is 0 Å². The van der Waals surface area contributed by atoms with Gasteiger partial charge in [0.05, 0.1) is 17.6 Å². The molecule has 0 aliphatic carbocycles. The minimum Gasteiger partial charge on any atom is -0.465 e. The first kappa shape index (κ1) is 15.2. The maximum Gasteiger partial charge on any atom is 0.339 e. The maximum absolute atomic E-state index is 11.4. The molecule has 1 aromatic rings. The SMILES string of the molecule is COC(=O)c1cnc(NC2CCN(C)CC2)c([N+](=O)[O-])c1. The Kier molecular flexibility index (Phi) is 4.69. The highest BCUT2D eigenvalue weighted by Crippen LogP contribution is 2.25. The number of ether oxygens (including phenoxy) is 1. The summed E-state index contributed by atoms with van der Waals surface area (Å²) in [5, 5.41) is 14.2. The Labute approximate surface area is 122 Å². The molecule has 0 spiro atoms. The molecule has 1 aromatic heterocycles. The molecular weight excluding hydrogens is 276 g/mol. The van der Waals surface area contributed by atoms with Gasteiger partial charge in [0.15, 0.2) is 0 Å². The van der Waals surface area contributed by atoms with Gasteiger partial charge in [-0.3, -0.25) is 10.1 Å². The molecule has 0 atom stereocenters. The number of nitro groups is 1. The molecule has 1 saturated heterocycles. The van der Waals surface area contributed by atoms with Crippen LogP contribution in [0.4, 0.5) is 11.5 Å². The van der Waals surface area contributed by atoms with Crippen molar-refractivity contribution in [1.29, 1.82) is 0 Å². The Morgan fingerprint density at radius 1 is 1.52 bits per heavy atom. The summed E-state index contributed by atoms with van der Waals surface area (Å²) >= 11 is 0. The van der Waals surface area contributed by atoms with Crippen LogP contribution in [0.15, 0.2) is 12.3 Å². The van der Waals surface area contributed by atoms with Crippen molar-refractivity contribution in [3.8, 4) is 0 Å². The van der Waals surface area contributed by atoms with Crippen molar-refractivity contribution in [2.75, 3.05) is 32.6 Å². The van der Waals surface area contributed by atoms with Crippen LogP contribution < -0.4 is 5.32 Å². The highest BCUT2D eigenvalue weighted by Gasteiger charge is 2.23. The number of hydrogen-bond donors (Lipinski definition) is 1. The molecule has 0 amide bonds. The molecule has 21 heavy (non-hydrogen) atoms. The number of pyridine rings is 1. The van der Waals surface area contributed by atoms with Crippen LogP contribution in [-0.4, -0.2) is 54.1 Å². The van der Waals surface area contributed by atoms with Gasteiger partial charge in [-0.1, -0.05) is 0 Å². The van der Waals surface area contributed by atoms with E-state index in [2.05, 4.69) is 19.9 Å². The molecule has 0 bridgehead atoms. The fourth-order valence-electron chi connectivity index (χ4n) is 2.28. The fraction of sp³-hybridized carbons (Fsp3) is 0.538. The van der Waals surface area contributed by atoms with Crippen molar-refractivity contribution in [3.05, 3.63) is 27.9 Å². The van der Waals surface area contributed by atoms with Gasteiger partial charge in [0.2, 0.25) is 5.82 Å². The molecule has 1 fully saturated rings. The molecule has 1 aliphatic heterocycles. The predicted octanol–water partition coefficient (Wildman–Crippen LogP) is 1.28. The summed E-state index contributed by atoms with van der Waals surface area (Å²) in [6.45, 7) is 1.87. The lowest BCUT2D eigenvalue weighted by atomic mass is 10.1. The molecule has 114 valence electrons. The van der Waals surface area contributed by atoms with E-state index in [9.17, 15) is 14.9 Å². The lowest BCUT2D eigenvalue weighted by Crippen LogP contribution is -2.37. The number of esters is 1. The topological polar surface area (TPSA) is 97.6 Å². The summed E-state index contributed by atoms with van der Waals surface area (Å²) in [6.07, 6.45) is 3.08. The normalized spacial score (nSPS) is 16.5. The molecule has 8 nitrogen and oxygen atoms in total. The van der Waals surface area contributed by atoms with Gasteiger partial charge in [-0.2, -0.15) is 0 Å². The Morgan fingerprint density at radius 3 is 2.76 bits per heavy atom. The lowest BCUT2D eigenvalue weighted by Gasteiger charge is -2.29. The smallest absolute Gasteiger partial charge is 0.339 e. The second-order valence-corrected chi connectivity index (χ2v) is 5.06. The number of carbonyl (C=O) groups excluding carboxylic acids is 1. The first-order valence-electron chi connectivity index (χ1n) is 6.69. The number of piperidine rings is 1. The number of nitrogens with zero attached hydrogens (tertiary/aromatic N) is 3. The van der Waals surface area contributed by atoms with Crippen LogP contribution in [0.25, 0.3) is 0 Å². The number of methoxy groups -OCH3 is 1. The van der Waals surface area contributed by atoms with Crippen molar-refractivity contribution in [2.45, 2.75) is 18.9 Å². The van der Waals surface area contributed by atoms with Crippen molar-refractivity contribution in [1.82, 2.24) is 9.88 Å². The fourth-order valence-corrected chi connectivity index (χ4v) is 2.28. The van der Waals surface area contributed by atoms with E-state index in [1.54, 1.807) is 0 Å². The van der Waals surface area contributed by atoms with E-state index in [0.29, 0.717) is 0 Å². The van der Waals surface area contributed by atoms with Crippen LogP contribution in [0.3, 0.4) is 0 Å². The van der Waals surface area contributed by atoms with Crippen LogP contribution in [0.1, 0.15) is 23.2 Å². The lowest BCUT2D eigenvalue weighted by molar-refractivity contribution is -0.384. The molecule has 0 unspecified atom stereocenters. The molecule has 0 radical (unpaired) electrons. The van der Waals surface area contributed by atoms with Crippen LogP contribution in [0.5, 0.6) is 0 Å². The van der Waals surface area contributed by atoms with E-state index in [-0.39, 0.29) is 23.1 Å². The van der Waals surface area contributed by atoms with Gasteiger partial charge in [-0.05, 0) is 33.0 Å². The largest absolute Gasteiger partial charge is 0.465 e. The number of hydrogen-bond acceptors (Lipinski definition) is 7. The second-order valence-electron chi connectivity index (χ2n) is 5.06.